The molecule has 1 saturated carbocycles. The van der Waals surface area contributed by atoms with Crippen molar-refractivity contribution in [2.24, 2.45) is 5.92 Å². The lowest BCUT2D eigenvalue weighted by Crippen LogP contribution is -2.32. The van der Waals surface area contributed by atoms with Crippen molar-refractivity contribution >= 4 is 11.8 Å². The van der Waals surface area contributed by atoms with Gasteiger partial charge in [-0.1, -0.05) is 24.3 Å². The summed E-state index contributed by atoms with van der Waals surface area (Å²) in [6.45, 7) is 3.43. The van der Waals surface area contributed by atoms with Gasteiger partial charge in [0.25, 0.3) is 0 Å². The number of aliphatic hydroxyl groups is 3. The molecule has 0 spiro atoms. The van der Waals surface area contributed by atoms with Crippen LogP contribution >= 0.6 is 0 Å². The van der Waals surface area contributed by atoms with Gasteiger partial charge in [0, 0.05) is 32.0 Å². The first-order valence-corrected chi connectivity index (χ1v) is 9.82. The van der Waals surface area contributed by atoms with Crippen molar-refractivity contribution in [1.29, 1.82) is 0 Å². The van der Waals surface area contributed by atoms with E-state index in [9.17, 15) is 9.59 Å². The molecule has 1 aliphatic rings. The van der Waals surface area contributed by atoms with Crippen LogP contribution in [0.25, 0.3) is 0 Å². The van der Waals surface area contributed by atoms with Crippen molar-refractivity contribution in [2.45, 2.75) is 38.5 Å². The number of carbonyl (C=O) groups excluding carboxylic acids is 1. The van der Waals surface area contributed by atoms with E-state index in [4.69, 9.17) is 20.4 Å². The van der Waals surface area contributed by atoms with Gasteiger partial charge in [-0.25, -0.2) is 0 Å². The standard InChI is InChI=1S/C15H18O3.C6H15NO3/c1-10(15(17)18)12-7-5-11(6-8-12)9-13-3-2-4-14(13)16;8-4-1-7(2-5-9)3-6-10/h5-8,10,13H,2-4,9H2,1H3,(H,17,18);8-10H,1-6H2. The minimum atomic E-state index is -0.811. The largest absolute Gasteiger partial charge is 0.481 e. The van der Waals surface area contributed by atoms with E-state index in [1.54, 1.807) is 11.8 Å². The SMILES string of the molecule is CC(C(=O)O)c1ccc(CC2CCCC2=O)cc1.OCCN(CCO)CCO. The summed E-state index contributed by atoms with van der Waals surface area (Å²) in [6, 6.07) is 7.60. The van der Waals surface area contributed by atoms with E-state index in [1.165, 1.54) is 0 Å². The first-order valence-electron chi connectivity index (χ1n) is 9.82. The third kappa shape index (κ3) is 8.48. The molecule has 0 heterocycles. The van der Waals surface area contributed by atoms with Gasteiger partial charge >= 0.3 is 5.97 Å². The molecule has 2 unspecified atom stereocenters. The zero-order valence-electron chi connectivity index (χ0n) is 16.6. The third-order valence-electron chi connectivity index (χ3n) is 5.01. The monoisotopic (exact) mass is 395 g/mol. The second-order valence-corrected chi connectivity index (χ2v) is 7.07. The molecule has 0 aliphatic heterocycles. The van der Waals surface area contributed by atoms with Gasteiger partial charge < -0.3 is 20.4 Å². The summed E-state index contributed by atoms with van der Waals surface area (Å²) in [5.74, 6) is -0.744. The fourth-order valence-corrected chi connectivity index (χ4v) is 3.23. The number of ketones is 1. The lowest BCUT2D eigenvalue weighted by Gasteiger charge is -2.17. The molecule has 0 radical (unpaired) electrons. The molecule has 2 rings (SSSR count). The Morgan fingerprint density at radius 1 is 1.07 bits per heavy atom. The second-order valence-electron chi connectivity index (χ2n) is 7.07. The van der Waals surface area contributed by atoms with Gasteiger partial charge in [0.05, 0.1) is 25.7 Å². The Balaban J connectivity index is 0.000000336. The molecule has 0 amide bonds. The average Bonchev–Trinajstić information content (AvgIpc) is 3.07. The van der Waals surface area contributed by atoms with E-state index in [-0.39, 0.29) is 25.7 Å². The highest BCUT2D eigenvalue weighted by molar-refractivity contribution is 5.83. The summed E-state index contributed by atoms with van der Waals surface area (Å²) in [5.41, 5.74) is 1.93. The van der Waals surface area contributed by atoms with Gasteiger partial charge in [-0.15, -0.1) is 0 Å². The van der Waals surface area contributed by atoms with Crippen LogP contribution in [0.5, 0.6) is 0 Å². The fraction of sp³-hybridized carbons (Fsp3) is 0.619. The minimum absolute atomic E-state index is 0.0694. The summed E-state index contributed by atoms with van der Waals surface area (Å²) >= 11 is 0. The molecule has 1 aliphatic carbocycles. The van der Waals surface area contributed by atoms with E-state index < -0.39 is 11.9 Å². The number of Topliss-reactive ketones (excluding diaryl/α,β-unsaturated/α-hetero) is 1. The number of carboxylic acids is 1. The van der Waals surface area contributed by atoms with Gasteiger partial charge in [0.2, 0.25) is 0 Å². The Labute approximate surface area is 166 Å². The Hall–Kier alpha value is -1.80. The average molecular weight is 395 g/mol. The summed E-state index contributed by atoms with van der Waals surface area (Å²) in [7, 11) is 0. The van der Waals surface area contributed by atoms with Crippen molar-refractivity contribution < 1.29 is 30.0 Å². The topological polar surface area (TPSA) is 118 Å². The van der Waals surface area contributed by atoms with Crippen molar-refractivity contribution in [1.82, 2.24) is 4.90 Å². The molecule has 1 fully saturated rings. The smallest absolute Gasteiger partial charge is 0.310 e. The van der Waals surface area contributed by atoms with Crippen LogP contribution in [0, 0.1) is 5.92 Å². The maximum Gasteiger partial charge on any atom is 0.310 e. The number of aliphatic carboxylic acids is 1. The normalized spacial score (nSPS) is 17.3. The Morgan fingerprint density at radius 2 is 1.61 bits per heavy atom. The highest BCUT2D eigenvalue weighted by atomic mass is 16.4. The molecule has 2 atom stereocenters. The lowest BCUT2D eigenvalue weighted by atomic mass is 9.94. The lowest BCUT2D eigenvalue weighted by molar-refractivity contribution is -0.138. The number of carbonyl (C=O) groups is 2. The van der Waals surface area contributed by atoms with Crippen LogP contribution in [0.2, 0.25) is 0 Å². The molecule has 0 bridgehead atoms. The predicted molar refractivity (Wildman–Crippen MR) is 106 cm³/mol. The van der Waals surface area contributed by atoms with Crippen molar-refractivity contribution in [3.63, 3.8) is 0 Å². The van der Waals surface area contributed by atoms with Crippen LogP contribution in [0.1, 0.15) is 43.2 Å². The molecule has 7 nitrogen and oxygen atoms in total. The van der Waals surface area contributed by atoms with E-state index in [1.807, 2.05) is 24.3 Å². The Bertz CT molecular complexity index is 575. The molecular formula is C21H33NO6. The zero-order chi connectivity index (χ0) is 20.9. The van der Waals surface area contributed by atoms with Crippen molar-refractivity contribution in [3.8, 4) is 0 Å². The molecule has 1 aromatic carbocycles. The summed E-state index contributed by atoms with van der Waals surface area (Å²) in [5, 5.41) is 34.4. The molecular weight excluding hydrogens is 362 g/mol. The maximum atomic E-state index is 11.6. The Kier molecular flexibility index (Phi) is 11.6. The van der Waals surface area contributed by atoms with Gasteiger partial charge in [-0.2, -0.15) is 0 Å². The molecule has 158 valence electrons. The van der Waals surface area contributed by atoms with Crippen molar-refractivity contribution in [2.75, 3.05) is 39.5 Å². The van der Waals surface area contributed by atoms with E-state index in [0.717, 1.165) is 36.8 Å². The summed E-state index contributed by atoms with van der Waals surface area (Å²) < 4.78 is 0. The summed E-state index contributed by atoms with van der Waals surface area (Å²) in [6.07, 6.45) is 3.52. The number of hydrogen-bond donors (Lipinski definition) is 4. The predicted octanol–water partition coefficient (Wildman–Crippen LogP) is 1.05. The van der Waals surface area contributed by atoms with Crippen LogP contribution in [0.15, 0.2) is 24.3 Å². The number of benzene rings is 1. The van der Waals surface area contributed by atoms with Crippen molar-refractivity contribution in [3.05, 3.63) is 35.4 Å². The van der Waals surface area contributed by atoms with Gasteiger partial charge in [0.15, 0.2) is 0 Å². The third-order valence-corrected chi connectivity index (χ3v) is 5.01. The van der Waals surface area contributed by atoms with Gasteiger partial charge in [0.1, 0.15) is 5.78 Å². The van der Waals surface area contributed by atoms with E-state index >= 15 is 0 Å². The first kappa shape index (κ1) is 24.2. The van der Waals surface area contributed by atoms with E-state index in [2.05, 4.69) is 0 Å². The summed E-state index contributed by atoms with van der Waals surface area (Å²) in [4.78, 5) is 24.2. The second kappa shape index (κ2) is 13.4. The highest BCUT2D eigenvalue weighted by Crippen LogP contribution is 2.25. The molecule has 0 saturated heterocycles. The zero-order valence-corrected chi connectivity index (χ0v) is 16.6. The highest BCUT2D eigenvalue weighted by Gasteiger charge is 2.24. The first-order chi connectivity index (χ1) is 13.4. The minimum Gasteiger partial charge on any atom is -0.481 e. The molecule has 7 heteroatoms. The quantitative estimate of drug-likeness (QED) is 0.468. The van der Waals surface area contributed by atoms with Crippen LogP contribution in [-0.2, 0) is 16.0 Å². The molecule has 1 aromatic rings. The number of nitrogens with zero attached hydrogens (tertiary/aromatic N) is 1. The fourth-order valence-electron chi connectivity index (χ4n) is 3.23. The number of rotatable bonds is 10. The van der Waals surface area contributed by atoms with E-state index in [0.29, 0.717) is 25.4 Å². The number of hydrogen-bond acceptors (Lipinski definition) is 6. The van der Waals surface area contributed by atoms with Crippen LogP contribution < -0.4 is 0 Å². The van der Waals surface area contributed by atoms with Crippen LogP contribution in [0.3, 0.4) is 0 Å². The molecule has 4 N–H and O–H groups in total. The Morgan fingerprint density at radius 3 is 2.00 bits per heavy atom. The van der Waals surface area contributed by atoms with Crippen LogP contribution in [-0.4, -0.2) is 76.5 Å². The maximum absolute atomic E-state index is 11.6. The molecule has 28 heavy (non-hydrogen) atoms. The van der Waals surface area contributed by atoms with Gasteiger partial charge in [-0.3, -0.25) is 14.5 Å². The molecule has 0 aromatic heterocycles. The van der Waals surface area contributed by atoms with Gasteiger partial charge in [-0.05, 0) is 37.3 Å². The number of aliphatic hydroxyl groups excluding tert-OH is 3. The number of carboxylic acid groups (broad SMARTS) is 1. The van der Waals surface area contributed by atoms with Crippen LogP contribution in [0.4, 0.5) is 0 Å².